The van der Waals surface area contributed by atoms with E-state index in [1.54, 1.807) is 26.0 Å². The van der Waals surface area contributed by atoms with Gasteiger partial charge in [-0.3, -0.25) is 9.59 Å². The number of sulfonamides is 1. The summed E-state index contributed by atoms with van der Waals surface area (Å²) in [7, 11) is -3.95. The summed E-state index contributed by atoms with van der Waals surface area (Å²) in [5.41, 5.74) is 0.826. The second kappa shape index (κ2) is 11.1. The zero-order valence-electron chi connectivity index (χ0n) is 18.7. The molecule has 33 heavy (non-hydrogen) atoms. The second-order valence-corrected chi connectivity index (χ2v) is 9.82. The normalized spacial score (nSPS) is 12.5. The Morgan fingerprint density at radius 1 is 0.788 bits per heavy atom. The molecule has 0 saturated heterocycles. The van der Waals surface area contributed by atoms with E-state index in [9.17, 15) is 18.0 Å². The van der Waals surface area contributed by atoms with Crippen LogP contribution in [0.5, 0.6) is 0 Å². The van der Waals surface area contributed by atoms with Gasteiger partial charge in [0, 0.05) is 19.0 Å². The Balaban J connectivity index is 1.75. The van der Waals surface area contributed by atoms with Crippen LogP contribution in [0, 0.1) is 5.92 Å². The van der Waals surface area contributed by atoms with E-state index in [1.165, 1.54) is 6.07 Å². The van der Waals surface area contributed by atoms with Gasteiger partial charge in [0.2, 0.25) is 21.8 Å². The average molecular weight is 468 g/mol. The Morgan fingerprint density at radius 2 is 1.39 bits per heavy atom. The third kappa shape index (κ3) is 6.87. The number of carbonyl (C=O) groups is 2. The van der Waals surface area contributed by atoms with Gasteiger partial charge in [0.1, 0.15) is 6.04 Å². The molecule has 7 nitrogen and oxygen atoms in total. The third-order valence-corrected chi connectivity index (χ3v) is 6.64. The van der Waals surface area contributed by atoms with Crippen LogP contribution in [-0.4, -0.2) is 39.4 Å². The number of benzene rings is 3. The van der Waals surface area contributed by atoms with Gasteiger partial charge in [-0.25, -0.2) is 8.42 Å². The lowest BCUT2D eigenvalue weighted by atomic mass is 10.1. The monoisotopic (exact) mass is 467 g/mol. The first kappa shape index (κ1) is 24.4. The minimum absolute atomic E-state index is 0.0938. The predicted octanol–water partition coefficient (Wildman–Crippen LogP) is 2.62. The van der Waals surface area contributed by atoms with Crippen molar-refractivity contribution >= 4 is 32.6 Å². The molecular weight excluding hydrogens is 438 g/mol. The van der Waals surface area contributed by atoms with E-state index < -0.39 is 22.0 Å². The summed E-state index contributed by atoms with van der Waals surface area (Å²) in [6.45, 7) is 4.02. The van der Waals surface area contributed by atoms with E-state index >= 15 is 0 Å². The molecule has 1 atom stereocenters. The quantitative estimate of drug-likeness (QED) is 0.399. The summed E-state index contributed by atoms with van der Waals surface area (Å²) in [5.74, 6) is -0.718. The zero-order chi connectivity index (χ0) is 23.8. The lowest BCUT2D eigenvalue weighted by Gasteiger charge is -2.19. The van der Waals surface area contributed by atoms with Crippen molar-refractivity contribution < 1.29 is 18.0 Å². The summed E-state index contributed by atoms with van der Waals surface area (Å²) in [4.78, 5) is 24.7. The summed E-state index contributed by atoms with van der Waals surface area (Å²) in [5, 5.41) is 7.17. The van der Waals surface area contributed by atoms with Crippen molar-refractivity contribution in [3.05, 3.63) is 78.4 Å². The van der Waals surface area contributed by atoms with E-state index in [2.05, 4.69) is 15.4 Å². The molecule has 0 saturated carbocycles. The first-order chi connectivity index (χ1) is 15.8. The van der Waals surface area contributed by atoms with E-state index in [4.69, 9.17) is 0 Å². The van der Waals surface area contributed by atoms with E-state index in [1.807, 2.05) is 54.6 Å². The van der Waals surface area contributed by atoms with Crippen LogP contribution in [0.4, 0.5) is 0 Å². The molecule has 0 aliphatic rings. The summed E-state index contributed by atoms with van der Waals surface area (Å²) in [6.07, 6.45) is 0.192. The van der Waals surface area contributed by atoms with Gasteiger partial charge in [0.15, 0.2) is 0 Å². The number of nitrogens with one attached hydrogen (secondary N) is 3. The van der Waals surface area contributed by atoms with Gasteiger partial charge in [0.25, 0.3) is 0 Å². The lowest BCUT2D eigenvalue weighted by Crippen LogP contribution is -2.49. The molecule has 3 rings (SSSR count). The van der Waals surface area contributed by atoms with Gasteiger partial charge in [-0.05, 0) is 34.9 Å². The Labute approximate surface area is 194 Å². The first-order valence-corrected chi connectivity index (χ1v) is 12.3. The molecule has 3 aromatic rings. The molecule has 2 amide bonds. The largest absolute Gasteiger partial charge is 0.354 e. The van der Waals surface area contributed by atoms with Crippen molar-refractivity contribution in [1.82, 2.24) is 15.4 Å². The molecule has 0 radical (unpaired) electrons. The maximum atomic E-state index is 13.1. The van der Waals surface area contributed by atoms with Crippen molar-refractivity contribution in [2.24, 2.45) is 5.92 Å². The number of hydrogen-bond acceptors (Lipinski definition) is 4. The number of rotatable bonds is 10. The van der Waals surface area contributed by atoms with Gasteiger partial charge in [-0.15, -0.1) is 0 Å². The molecule has 0 spiro atoms. The van der Waals surface area contributed by atoms with Crippen LogP contribution in [0.2, 0.25) is 0 Å². The fourth-order valence-electron chi connectivity index (χ4n) is 3.33. The third-order valence-electron chi connectivity index (χ3n) is 5.18. The molecule has 0 aliphatic heterocycles. The van der Waals surface area contributed by atoms with Crippen molar-refractivity contribution in [2.45, 2.75) is 31.2 Å². The predicted molar refractivity (Wildman–Crippen MR) is 129 cm³/mol. The molecule has 0 fully saturated rings. The van der Waals surface area contributed by atoms with Gasteiger partial charge < -0.3 is 10.6 Å². The highest BCUT2D eigenvalue weighted by atomic mass is 32.2. The Hall–Kier alpha value is -3.23. The van der Waals surface area contributed by atoms with Crippen LogP contribution < -0.4 is 15.4 Å². The molecule has 174 valence electrons. The molecule has 3 aromatic carbocycles. The molecule has 0 heterocycles. The molecular formula is C25H29N3O4S. The van der Waals surface area contributed by atoms with Crippen molar-refractivity contribution in [2.75, 3.05) is 13.1 Å². The maximum Gasteiger partial charge on any atom is 0.241 e. The highest BCUT2D eigenvalue weighted by Crippen LogP contribution is 2.19. The SMILES string of the molecule is CC(C)C(=O)NCCNC(=O)[C@H](Cc1ccccc1)NS(=O)(=O)c1ccc2ccccc2c1. The van der Waals surface area contributed by atoms with Gasteiger partial charge in [-0.2, -0.15) is 4.72 Å². The fraction of sp³-hybridized carbons (Fsp3) is 0.280. The van der Waals surface area contributed by atoms with E-state index in [0.717, 1.165) is 16.3 Å². The van der Waals surface area contributed by atoms with Crippen molar-refractivity contribution in [1.29, 1.82) is 0 Å². The number of hydrogen-bond donors (Lipinski definition) is 3. The molecule has 3 N–H and O–H groups in total. The zero-order valence-corrected chi connectivity index (χ0v) is 19.6. The van der Waals surface area contributed by atoms with E-state index in [0.29, 0.717) is 0 Å². The topological polar surface area (TPSA) is 104 Å². The maximum absolute atomic E-state index is 13.1. The number of fused-ring (bicyclic) bond motifs is 1. The first-order valence-electron chi connectivity index (χ1n) is 10.9. The highest BCUT2D eigenvalue weighted by molar-refractivity contribution is 7.89. The van der Waals surface area contributed by atoms with Crippen LogP contribution in [0.3, 0.4) is 0 Å². The molecule has 0 unspecified atom stereocenters. The summed E-state index contributed by atoms with van der Waals surface area (Å²) < 4.78 is 28.8. The lowest BCUT2D eigenvalue weighted by molar-refractivity contribution is -0.125. The van der Waals surface area contributed by atoms with Crippen LogP contribution >= 0.6 is 0 Å². The number of carbonyl (C=O) groups excluding carboxylic acids is 2. The van der Waals surface area contributed by atoms with Crippen molar-refractivity contribution in [3.8, 4) is 0 Å². The van der Waals surface area contributed by atoms with Crippen LogP contribution in [-0.2, 0) is 26.0 Å². The van der Waals surface area contributed by atoms with Crippen LogP contribution in [0.1, 0.15) is 19.4 Å². The fourth-order valence-corrected chi connectivity index (χ4v) is 4.56. The van der Waals surface area contributed by atoms with Crippen LogP contribution in [0.25, 0.3) is 10.8 Å². The second-order valence-electron chi connectivity index (χ2n) is 8.11. The Morgan fingerprint density at radius 3 is 2.06 bits per heavy atom. The smallest absolute Gasteiger partial charge is 0.241 e. The molecule has 0 aromatic heterocycles. The Bertz CT molecular complexity index is 1210. The van der Waals surface area contributed by atoms with Crippen LogP contribution in [0.15, 0.2) is 77.7 Å². The highest BCUT2D eigenvalue weighted by Gasteiger charge is 2.26. The average Bonchev–Trinajstić information content (AvgIpc) is 2.81. The van der Waals surface area contributed by atoms with Crippen molar-refractivity contribution in [3.63, 3.8) is 0 Å². The minimum Gasteiger partial charge on any atom is -0.354 e. The molecule has 0 bridgehead atoms. The standard InChI is InChI=1S/C25H29N3O4S/c1-18(2)24(29)26-14-15-27-25(30)23(16-19-8-4-3-5-9-19)28-33(31,32)22-13-12-20-10-6-7-11-21(20)17-22/h3-13,17-18,23,28H,14-16H2,1-2H3,(H,26,29)(H,27,30)/t23-/m0/s1. The number of amides is 2. The molecule has 0 aliphatic carbocycles. The summed E-state index contributed by atoms with van der Waals surface area (Å²) in [6, 6.07) is 20.5. The summed E-state index contributed by atoms with van der Waals surface area (Å²) >= 11 is 0. The van der Waals surface area contributed by atoms with Gasteiger partial charge >= 0.3 is 0 Å². The van der Waals surface area contributed by atoms with Gasteiger partial charge in [0.05, 0.1) is 4.90 Å². The minimum atomic E-state index is -3.95. The Kier molecular flexibility index (Phi) is 8.19. The molecule has 8 heteroatoms. The van der Waals surface area contributed by atoms with Gasteiger partial charge in [-0.1, -0.05) is 74.5 Å². The van der Waals surface area contributed by atoms with E-state index in [-0.39, 0.29) is 36.2 Å².